The van der Waals surface area contributed by atoms with Crippen LogP contribution in [0, 0.1) is 6.92 Å². The number of hydrogen-bond donors (Lipinski definition) is 1. The Kier molecular flexibility index (Phi) is 4.55. The van der Waals surface area contributed by atoms with E-state index in [-0.39, 0.29) is 5.91 Å². The van der Waals surface area contributed by atoms with Gasteiger partial charge in [0.2, 0.25) is 5.91 Å². The zero-order valence-corrected chi connectivity index (χ0v) is 13.6. The standard InChI is InChI=1S/C16H22N6O/c1-12-6-3-4-9-21(12)16(23)11-17-14-7-5-8-15(10-14)22-13(2)18-19-20-22/h5,7-8,10,12,17H,3-4,6,9,11H2,1-2H3/t12-/m0/s1. The molecule has 7 nitrogen and oxygen atoms in total. The minimum Gasteiger partial charge on any atom is -0.376 e. The molecule has 1 aromatic heterocycles. The van der Waals surface area contributed by atoms with Crippen molar-refractivity contribution >= 4 is 11.6 Å². The maximum atomic E-state index is 12.4. The number of rotatable bonds is 4. The molecule has 1 N–H and O–H groups in total. The van der Waals surface area contributed by atoms with Crippen LogP contribution in [0.15, 0.2) is 24.3 Å². The number of carbonyl (C=O) groups excluding carboxylic acids is 1. The van der Waals surface area contributed by atoms with Crippen molar-refractivity contribution in [1.82, 2.24) is 25.1 Å². The van der Waals surface area contributed by atoms with Crippen LogP contribution >= 0.6 is 0 Å². The fourth-order valence-corrected chi connectivity index (χ4v) is 2.97. The van der Waals surface area contributed by atoms with Crippen LogP contribution in [0.2, 0.25) is 0 Å². The largest absolute Gasteiger partial charge is 0.376 e. The number of tetrazole rings is 1. The molecule has 1 atom stereocenters. The van der Waals surface area contributed by atoms with Crippen LogP contribution in [0.3, 0.4) is 0 Å². The molecule has 1 aliphatic heterocycles. The molecule has 0 aliphatic carbocycles. The predicted molar refractivity (Wildman–Crippen MR) is 87.4 cm³/mol. The minimum atomic E-state index is 0.154. The Bertz CT molecular complexity index is 683. The van der Waals surface area contributed by atoms with Gasteiger partial charge in [-0.25, -0.2) is 0 Å². The zero-order chi connectivity index (χ0) is 16.2. The molecule has 2 heterocycles. The van der Waals surface area contributed by atoms with Gasteiger partial charge in [0, 0.05) is 18.3 Å². The SMILES string of the molecule is Cc1nnnn1-c1cccc(NCC(=O)N2CCCC[C@@H]2C)c1. The molecule has 1 saturated heterocycles. The molecule has 0 radical (unpaired) electrons. The van der Waals surface area contributed by atoms with E-state index in [0.717, 1.165) is 36.6 Å². The molecular formula is C16H22N6O. The van der Waals surface area contributed by atoms with Gasteiger partial charge in [-0.05, 0) is 61.7 Å². The van der Waals surface area contributed by atoms with E-state index in [1.165, 1.54) is 6.42 Å². The molecule has 122 valence electrons. The second kappa shape index (κ2) is 6.76. The van der Waals surface area contributed by atoms with Crippen LogP contribution in [0.1, 0.15) is 32.0 Å². The normalized spacial score (nSPS) is 18.0. The highest BCUT2D eigenvalue weighted by atomic mass is 16.2. The molecule has 1 aromatic carbocycles. The number of amides is 1. The number of likely N-dealkylation sites (tertiary alicyclic amines) is 1. The number of hydrogen-bond acceptors (Lipinski definition) is 5. The first-order chi connectivity index (χ1) is 11.1. The highest BCUT2D eigenvalue weighted by Crippen LogP contribution is 2.17. The third kappa shape index (κ3) is 3.49. The molecule has 7 heteroatoms. The van der Waals surface area contributed by atoms with Crippen LogP contribution < -0.4 is 5.32 Å². The Morgan fingerprint density at radius 3 is 3.00 bits per heavy atom. The summed E-state index contributed by atoms with van der Waals surface area (Å²) in [6, 6.07) is 8.08. The summed E-state index contributed by atoms with van der Waals surface area (Å²) in [6.45, 7) is 5.15. The van der Waals surface area contributed by atoms with Crippen molar-refractivity contribution in [2.45, 2.75) is 39.2 Å². The van der Waals surface area contributed by atoms with Gasteiger partial charge in [0.15, 0.2) is 5.82 Å². The summed E-state index contributed by atoms with van der Waals surface area (Å²) in [6.07, 6.45) is 3.41. The lowest BCUT2D eigenvalue weighted by Gasteiger charge is -2.33. The molecule has 1 aliphatic rings. The highest BCUT2D eigenvalue weighted by molar-refractivity contribution is 5.81. The van der Waals surface area contributed by atoms with Crippen molar-refractivity contribution in [2.24, 2.45) is 0 Å². The monoisotopic (exact) mass is 314 g/mol. The van der Waals surface area contributed by atoms with Gasteiger partial charge in [0.05, 0.1) is 12.2 Å². The number of benzene rings is 1. The van der Waals surface area contributed by atoms with Crippen LogP contribution in [0.5, 0.6) is 0 Å². The first kappa shape index (κ1) is 15.5. The van der Waals surface area contributed by atoms with Gasteiger partial charge in [-0.1, -0.05) is 6.07 Å². The summed E-state index contributed by atoms with van der Waals surface area (Å²) in [5, 5.41) is 14.7. The van der Waals surface area contributed by atoms with Gasteiger partial charge in [-0.2, -0.15) is 4.68 Å². The van der Waals surface area contributed by atoms with Gasteiger partial charge in [-0.3, -0.25) is 4.79 Å². The average molecular weight is 314 g/mol. The Morgan fingerprint density at radius 1 is 1.39 bits per heavy atom. The Morgan fingerprint density at radius 2 is 2.26 bits per heavy atom. The summed E-state index contributed by atoms with van der Waals surface area (Å²) < 4.78 is 1.67. The molecule has 1 amide bonds. The maximum absolute atomic E-state index is 12.4. The van der Waals surface area contributed by atoms with Gasteiger partial charge in [0.25, 0.3) is 0 Å². The van der Waals surface area contributed by atoms with Crippen molar-refractivity contribution in [3.63, 3.8) is 0 Å². The number of anilines is 1. The first-order valence-corrected chi connectivity index (χ1v) is 8.04. The number of nitrogens with zero attached hydrogens (tertiary/aromatic N) is 5. The van der Waals surface area contributed by atoms with E-state index in [0.29, 0.717) is 12.6 Å². The first-order valence-electron chi connectivity index (χ1n) is 8.04. The van der Waals surface area contributed by atoms with E-state index < -0.39 is 0 Å². The average Bonchev–Trinajstić information content (AvgIpc) is 2.99. The lowest BCUT2D eigenvalue weighted by molar-refractivity contribution is -0.132. The second-order valence-electron chi connectivity index (χ2n) is 5.97. The van der Waals surface area contributed by atoms with E-state index in [4.69, 9.17) is 0 Å². The van der Waals surface area contributed by atoms with E-state index in [1.807, 2.05) is 36.1 Å². The third-order valence-corrected chi connectivity index (χ3v) is 4.28. The smallest absolute Gasteiger partial charge is 0.242 e. The van der Waals surface area contributed by atoms with Crippen LogP contribution in [0.4, 0.5) is 5.69 Å². The summed E-state index contributed by atoms with van der Waals surface area (Å²) in [4.78, 5) is 14.4. The van der Waals surface area contributed by atoms with Gasteiger partial charge < -0.3 is 10.2 Å². The van der Waals surface area contributed by atoms with Crippen molar-refractivity contribution in [3.8, 4) is 5.69 Å². The van der Waals surface area contributed by atoms with Crippen LogP contribution in [0.25, 0.3) is 5.69 Å². The third-order valence-electron chi connectivity index (χ3n) is 4.28. The summed E-state index contributed by atoms with van der Waals surface area (Å²) in [5.41, 5.74) is 1.76. The van der Waals surface area contributed by atoms with Gasteiger partial charge >= 0.3 is 0 Å². The lowest BCUT2D eigenvalue weighted by atomic mass is 10.0. The Balaban J connectivity index is 1.64. The zero-order valence-electron chi connectivity index (χ0n) is 13.6. The molecule has 0 bridgehead atoms. The summed E-state index contributed by atoms with van der Waals surface area (Å²) >= 11 is 0. The number of carbonyl (C=O) groups is 1. The molecule has 23 heavy (non-hydrogen) atoms. The lowest BCUT2D eigenvalue weighted by Crippen LogP contribution is -2.44. The van der Waals surface area contributed by atoms with Crippen molar-refractivity contribution in [3.05, 3.63) is 30.1 Å². The molecule has 0 spiro atoms. The second-order valence-corrected chi connectivity index (χ2v) is 5.97. The molecular weight excluding hydrogens is 292 g/mol. The number of aryl methyl sites for hydroxylation is 1. The number of piperidine rings is 1. The molecule has 0 unspecified atom stereocenters. The maximum Gasteiger partial charge on any atom is 0.242 e. The number of aromatic nitrogens is 4. The van der Waals surface area contributed by atoms with Crippen molar-refractivity contribution in [1.29, 1.82) is 0 Å². The topological polar surface area (TPSA) is 75.9 Å². The van der Waals surface area contributed by atoms with Crippen molar-refractivity contribution < 1.29 is 4.79 Å². The quantitative estimate of drug-likeness (QED) is 0.931. The summed E-state index contributed by atoms with van der Waals surface area (Å²) in [5.74, 6) is 0.876. The fraction of sp³-hybridized carbons (Fsp3) is 0.500. The van der Waals surface area contributed by atoms with Crippen LogP contribution in [-0.2, 0) is 4.79 Å². The Labute approximate surface area is 135 Å². The van der Waals surface area contributed by atoms with E-state index in [1.54, 1.807) is 4.68 Å². The van der Waals surface area contributed by atoms with Gasteiger partial charge in [0.1, 0.15) is 0 Å². The molecule has 1 fully saturated rings. The van der Waals surface area contributed by atoms with Crippen LogP contribution in [-0.4, -0.2) is 50.1 Å². The Hall–Kier alpha value is -2.44. The summed E-state index contributed by atoms with van der Waals surface area (Å²) in [7, 11) is 0. The molecule has 2 aromatic rings. The fourth-order valence-electron chi connectivity index (χ4n) is 2.97. The van der Waals surface area contributed by atoms with E-state index in [2.05, 4.69) is 27.8 Å². The minimum absolute atomic E-state index is 0.154. The van der Waals surface area contributed by atoms with E-state index in [9.17, 15) is 4.79 Å². The molecule has 0 saturated carbocycles. The highest BCUT2D eigenvalue weighted by Gasteiger charge is 2.22. The molecule has 3 rings (SSSR count). The van der Waals surface area contributed by atoms with E-state index >= 15 is 0 Å². The number of nitrogens with one attached hydrogen (secondary N) is 1. The van der Waals surface area contributed by atoms with Crippen molar-refractivity contribution in [2.75, 3.05) is 18.4 Å². The predicted octanol–water partition coefficient (Wildman–Crippen LogP) is 1.78. The van der Waals surface area contributed by atoms with Gasteiger partial charge in [-0.15, -0.1) is 5.10 Å².